The van der Waals surface area contributed by atoms with Crippen LogP contribution in [-0.4, -0.2) is 37.2 Å². The fraction of sp³-hybridized carbons (Fsp3) is 0.729. The van der Waals surface area contributed by atoms with Crippen molar-refractivity contribution >= 4 is 17.9 Å². The molecule has 0 radical (unpaired) electrons. The van der Waals surface area contributed by atoms with Gasteiger partial charge in [-0.25, -0.2) is 0 Å². The quantitative estimate of drug-likeness (QED) is 0.0261. The van der Waals surface area contributed by atoms with Gasteiger partial charge in [-0.1, -0.05) is 291 Å². The van der Waals surface area contributed by atoms with Crippen LogP contribution in [0.3, 0.4) is 0 Å². The molecule has 0 aromatic carbocycles. The first-order valence-corrected chi connectivity index (χ1v) is 32.2. The monoisotopic (exact) mass is 1060 g/mol. The van der Waals surface area contributed by atoms with Crippen molar-refractivity contribution in [3.63, 3.8) is 0 Å². The molecule has 0 saturated carbocycles. The number of unbranched alkanes of at least 4 members (excludes halogenated alkanes) is 31. The van der Waals surface area contributed by atoms with E-state index in [0.717, 1.165) is 122 Å². The van der Waals surface area contributed by atoms with Crippen molar-refractivity contribution in [3.8, 4) is 0 Å². The Balaban J connectivity index is 4.35. The van der Waals surface area contributed by atoms with Gasteiger partial charge in [-0.3, -0.25) is 14.4 Å². The van der Waals surface area contributed by atoms with Gasteiger partial charge in [0.25, 0.3) is 0 Å². The van der Waals surface area contributed by atoms with Crippen molar-refractivity contribution in [1.82, 2.24) is 0 Å². The molecule has 436 valence electrons. The van der Waals surface area contributed by atoms with Crippen LogP contribution in [-0.2, 0) is 28.6 Å². The van der Waals surface area contributed by atoms with E-state index < -0.39 is 6.10 Å². The predicted molar refractivity (Wildman–Crippen MR) is 330 cm³/mol. The van der Waals surface area contributed by atoms with Gasteiger partial charge in [-0.15, -0.1) is 0 Å². The van der Waals surface area contributed by atoms with Crippen LogP contribution in [0.15, 0.2) is 97.2 Å². The molecule has 0 aromatic heterocycles. The molecule has 76 heavy (non-hydrogen) atoms. The number of hydrogen-bond acceptors (Lipinski definition) is 6. The minimum atomic E-state index is -0.795. The summed E-state index contributed by atoms with van der Waals surface area (Å²) < 4.78 is 16.9. The van der Waals surface area contributed by atoms with Crippen molar-refractivity contribution in [2.75, 3.05) is 13.2 Å². The van der Waals surface area contributed by atoms with E-state index in [9.17, 15) is 14.4 Å². The Labute approximate surface area is 470 Å². The first kappa shape index (κ1) is 72.3. The molecule has 0 heterocycles. The third kappa shape index (κ3) is 61.2. The summed E-state index contributed by atoms with van der Waals surface area (Å²) in [7, 11) is 0. The maximum absolute atomic E-state index is 12.9. The molecule has 0 fully saturated rings. The largest absolute Gasteiger partial charge is 0.462 e. The van der Waals surface area contributed by atoms with Gasteiger partial charge in [-0.2, -0.15) is 0 Å². The minimum Gasteiger partial charge on any atom is -0.462 e. The molecule has 1 atom stereocenters. The Kier molecular flexibility index (Phi) is 60.8. The molecule has 6 heteroatoms. The highest BCUT2D eigenvalue weighted by molar-refractivity contribution is 5.71. The van der Waals surface area contributed by atoms with Gasteiger partial charge in [0.05, 0.1) is 0 Å². The molecule has 0 rings (SSSR count). The summed E-state index contributed by atoms with van der Waals surface area (Å²) in [5.74, 6) is -0.919. The van der Waals surface area contributed by atoms with E-state index >= 15 is 0 Å². The first-order chi connectivity index (χ1) is 37.5. The minimum absolute atomic E-state index is 0.0912. The Morgan fingerprint density at radius 1 is 0.276 bits per heavy atom. The lowest BCUT2D eigenvalue weighted by Crippen LogP contribution is -2.30. The maximum Gasteiger partial charge on any atom is 0.306 e. The van der Waals surface area contributed by atoms with Crippen LogP contribution in [0.5, 0.6) is 0 Å². The van der Waals surface area contributed by atoms with E-state index in [0.29, 0.717) is 19.3 Å². The van der Waals surface area contributed by atoms with Crippen LogP contribution in [0.2, 0.25) is 0 Å². The highest BCUT2D eigenvalue weighted by Crippen LogP contribution is 2.17. The summed E-state index contributed by atoms with van der Waals surface area (Å²) in [4.78, 5) is 38.3. The average molecular weight is 1060 g/mol. The summed E-state index contributed by atoms with van der Waals surface area (Å²) in [5, 5.41) is 0. The number of rotatable bonds is 58. The fourth-order valence-corrected chi connectivity index (χ4v) is 9.07. The molecular formula is C70H120O6. The third-order valence-electron chi connectivity index (χ3n) is 13.8. The van der Waals surface area contributed by atoms with Crippen LogP contribution >= 0.6 is 0 Å². The molecule has 0 aromatic rings. The first-order valence-electron chi connectivity index (χ1n) is 32.2. The molecule has 6 nitrogen and oxygen atoms in total. The fourth-order valence-electron chi connectivity index (χ4n) is 9.07. The number of carbonyl (C=O) groups is 3. The van der Waals surface area contributed by atoms with E-state index in [-0.39, 0.29) is 31.1 Å². The van der Waals surface area contributed by atoms with Crippen LogP contribution in [0, 0.1) is 0 Å². The molecule has 0 N–H and O–H groups in total. The Morgan fingerprint density at radius 2 is 0.513 bits per heavy atom. The summed E-state index contributed by atoms with van der Waals surface area (Å²) in [6, 6.07) is 0. The maximum atomic E-state index is 12.9. The van der Waals surface area contributed by atoms with Gasteiger partial charge in [0, 0.05) is 19.3 Å². The summed E-state index contributed by atoms with van der Waals surface area (Å²) in [6.45, 7) is 6.41. The standard InChI is InChI=1S/C70H120O6/c1-4-7-10-13-16-19-22-25-27-29-31-33-35-37-38-40-42-45-48-51-54-57-60-63-69(72)75-66-67(65-74-68(71)62-59-56-53-50-47-44-24-21-18-15-12-9-6-3)76-70(73)64-61-58-55-52-49-46-43-41-39-36-34-32-30-28-26-23-20-17-14-11-8-5-2/h7,9-10,12,16,18-19,21,25,27,31,33,37-38,44,47,67H,4-6,8,11,13-15,17,20,22-24,26,28-30,32,34-36,39-43,45-46,48-66H2,1-3H3/b10-7-,12-9-,19-16-,21-18-,27-25-,33-31-,38-37-,47-44-. The second kappa shape index (κ2) is 63.9. The molecule has 0 amide bonds. The number of allylic oxidation sites excluding steroid dienone is 16. The van der Waals surface area contributed by atoms with Gasteiger partial charge in [-0.05, 0) is 96.3 Å². The second-order valence-corrected chi connectivity index (χ2v) is 21.3. The lowest BCUT2D eigenvalue weighted by Gasteiger charge is -2.18. The highest BCUT2D eigenvalue weighted by Gasteiger charge is 2.19. The zero-order valence-electron chi connectivity index (χ0n) is 50.0. The lowest BCUT2D eigenvalue weighted by molar-refractivity contribution is -0.167. The smallest absolute Gasteiger partial charge is 0.306 e. The molecule has 0 bridgehead atoms. The van der Waals surface area contributed by atoms with E-state index in [1.54, 1.807) is 0 Å². The zero-order chi connectivity index (χ0) is 55.0. The van der Waals surface area contributed by atoms with Gasteiger partial charge in [0.15, 0.2) is 6.10 Å². The molecule has 0 saturated heterocycles. The number of ether oxygens (including phenoxy) is 3. The Bertz CT molecular complexity index is 1490. The van der Waals surface area contributed by atoms with Crippen LogP contribution in [0.1, 0.15) is 310 Å². The molecule has 0 spiro atoms. The van der Waals surface area contributed by atoms with Crippen LogP contribution in [0.25, 0.3) is 0 Å². The van der Waals surface area contributed by atoms with E-state index in [1.807, 2.05) is 0 Å². The molecule has 0 aliphatic heterocycles. The van der Waals surface area contributed by atoms with Crippen molar-refractivity contribution in [2.45, 2.75) is 316 Å². The van der Waals surface area contributed by atoms with E-state index in [1.165, 1.54) is 148 Å². The summed E-state index contributed by atoms with van der Waals surface area (Å²) >= 11 is 0. The topological polar surface area (TPSA) is 78.9 Å². The predicted octanol–water partition coefficient (Wildman–Crippen LogP) is 22.0. The van der Waals surface area contributed by atoms with Gasteiger partial charge in [0.1, 0.15) is 13.2 Å². The van der Waals surface area contributed by atoms with Gasteiger partial charge >= 0.3 is 17.9 Å². The summed E-state index contributed by atoms with van der Waals surface area (Å²) in [5.41, 5.74) is 0. The zero-order valence-corrected chi connectivity index (χ0v) is 50.0. The van der Waals surface area contributed by atoms with Gasteiger partial charge in [0.2, 0.25) is 0 Å². The molecule has 1 unspecified atom stereocenters. The van der Waals surface area contributed by atoms with E-state index in [2.05, 4.69) is 118 Å². The number of carbonyl (C=O) groups excluding carboxylic acids is 3. The second-order valence-electron chi connectivity index (χ2n) is 21.3. The normalized spacial score (nSPS) is 12.7. The molecule has 0 aliphatic rings. The molecular weight excluding hydrogens is 937 g/mol. The van der Waals surface area contributed by atoms with Crippen LogP contribution < -0.4 is 0 Å². The summed E-state index contributed by atoms with van der Waals surface area (Å²) in [6.07, 6.45) is 85.6. The molecule has 0 aliphatic carbocycles. The van der Waals surface area contributed by atoms with Crippen molar-refractivity contribution in [2.24, 2.45) is 0 Å². The number of hydrogen-bond donors (Lipinski definition) is 0. The average Bonchev–Trinajstić information content (AvgIpc) is 3.42. The van der Waals surface area contributed by atoms with E-state index in [4.69, 9.17) is 14.2 Å². The highest BCUT2D eigenvalue weighted by atomic mass is 16.6. The third-order valence-corrected chi connectivity index (χ3v) is 13.8. The number of esters is 3. The Morgan fingerprint density at radius 3 is 0.816 bits per heavy atom. The lowest BCUT2D eigenvalue weighted by atomic mass is 10.0. The van der Waals surface area contributed by atoms with Crippen molar-refractivity contribution < 1.29 is 28.6 Å². The van der Waals surface area contributed by atoms with Crippen LogP contribution in [0.4, 0.5) is 0 Å². The van der Waals surface area contributed by atoms with Gasteiger partial charge < -0.3 is 14.2 Å². The SMILES string of the molecule is CC/C=C\C/C=C\C/C=C\C/C=C\C/C=C\CCCCCCCCCC(=O)OCC(COC(=O)CCCCC/C=C\C/C=C\C/C=C\CC)OC(=O)CCCCCCCCCCCCCCCCCCCCCCCC. The Hall–Kier alpha value is -3.67. The van der Waals surface area contributed by atoms with Crippen molar-refractivity contribution in [1.29, 1.82) is 0 Å². The van der Waals surface area contributed by atoms with Crippen molar-refractivity contribution in [3.05, 3.63) is 97.2 Å².